The van der Waals surface area contributed by atoms with Crippen LogP contribution in [0.5, 0.6) is 0 Å². The molecule has 2 rings (SSSR count). The first-order chi connectivity index (χ1) is 7.90. The highest BCUT2D eigenvalue weighted by atomic mass is 35.5. The molecule has 16 heavy (non-hydrogen) atoms. The van der Waals surface area contributed by atoms with Crippen molar-refractivity contribution in [1.82, 2.24) is 9.80 Å². The third kappa shape index (κ3) is 4.23. The molecule has 0 aromatic heterocycles. The summed E-state index contributed by atoms with van der Waals surface area (Å²) >= 11 is 5.66. The molecule has 3 heteroatoms. The van der Waals surface area contributed by atoms with Gasteiger partial charge in [-0.15, -0.1) is 11.6 Å². The summed E-state index contributed by atoms with van der Waals surface area (Å²) in [6.45, 7) is 6.53. The van der Waals surface area contributed by atoms with Gasteiger partial charge in [-0.1, -0.05) is 12.8 Å². The highest BCUT2D eigenvalue weighted by Gasteiger charge is 2.30. The van der Waals surface area contributed by atoms with E-state index in [1.807, 2.05) is 0 Å². The Bertz CT molecular complexity index is 186. The molecule has 0 bridgehead atoms. The van der Waals surface area contributed by atoms with Gasteiger partial charge in [0.1, 0.15) is 0 Å². The third-order valence-electron chi connectivity index (χ3n) is 3.83. The van der Waals surface area contributed by atoms with Crippen LogP contribution in [0, 0.1) is 0 Å². The molecule has 0 radical (unpaired) electrons. The minimum atomic E-state index is 0.833. The molecule has 1 aliphatic heterocycles. The fourth-order valence-corrected chi connectivity index (χ4v) is 2.76. The first-order valence-corrected chi connectivity index (χ1v) is 7.46. The predicted molar refractivity (Wildman–Crippen MR) is 70.2 cm³/mol. The van der Waals surface area contributed by atoms with Gasteiger partial charge in [0, 0.05) is 38.1 Å². The quantitative estimate of drug-likeness (QED) is 0.502. The molecule has 94 valence electrons. The van der Waals surface area contributed by atoms with Crippen molar-refractivity contribution >= 4 is 11.6 Å². The summed E-state index contributed by atoms with van der Waals surface area (Å²) in [6.07, 6.45) is 8.13. The van der Waals surface area contributed by atoms with E-state index in [1.165, 1.54) is 71.2 Å². The smallest absolute Gasteiger partial charge is 0.0223 e. The van der Waals surface area contributed by atoms with Crippen molar-refractivity contribution in [1.29, 1.82) is 0 Å². The highest BCUT2D eigenvalue weighted by Crippen LogP contribution is 2.27. The van der Waals surface area contributed by atoms with Gasteiger partial charge < -0.3 is 4.90 Å². The van der Waals surface area contributed by atoms with Gasteiger partial charge in [-0.25, -0.2) is 0 Å². The zero-order valence-corrected chi connectivity index (χ0v) is 11.1. The average Bonchev–Trinajstić information content (AvgIpc) is 3.14. The monoisotopic (exact) mass is 244 g/mol. The Balaban J connectivity index is 1.48. The van der Waals surface area contributed by atoms with Crippen LogP contribution >= 0.6 is 11.6 Å². The molecule has 2 nitrogen and oxygen atoms in total. The van der Waals surface area contributed by atoms with E-state index in [4.69, 9.17) is 11.6 Å². The molecule has 0 amide bonds. The Morgan fingerprint density at radius 1 is 0.875 bits per heavy atom. The van der Waals surface area contributed by atoms with E-state index in [2.05, 4.69) is 9.80 Å². The molecule has 0 unspecified atom stereocenters. The number of hydrogen-bond acceptors (Lipinski definition) is 2. The lowest BCUT2D eigenvalue weighted by Gasteiger charge is -2.34. The lowest BCUT2D eigenvalue weighted by atomic mass is 10.2. The molecule has 0 atom stereocenters. The molecule has 1 aliphatic carbocycles. The van der Waals surface area contributed by atoms with Crippen LogP contribution in [0.2, 0.25) is 0 Å². The van der Waals surface area contributed by atoms with Gasteiger partial charge in [0.2, 0.25) is 0 Å². The Hall–Kier alpha value is 0.210. The van der Waals surface area contributed by atoms with E-state index in [0.717, 1.165) is 11.9 Å². The molecule has 0 aromatic carbocycles. The normalized spacial score (nSPS) is 23.8. The highest BCUT2D eigenvalue weighted by molar-refractivity contribution is 6.17. The molecule has 1 saturated carbocycles. The number of alkyl halides is 1. The van der Waals surface area contributed by atoms with Crippen LogP contribution in [-0.2, 0) is 0 Å². The minimum absolute atomic E-state index is 0.833. The largest absolute Gasteiger partial charge is 0.301 e. The minimum Gasteiger partial charge on any atom is -0.301 e. The molecule has 0 aromatic rings. The second-order valence-electron chi connectivity index (χ2n) is 5.21. The van der Waals surface area contributed by atoms with Crippen molar-refractivity contribution in [2.75, 3.05) is 38.6 Å². The maximum absolute atomic E-state index is 5.66. The van der Waals surface area contributed by atoms with Crippen molar-refractivity contribution in [3.8, 4) is 0 Å². The molecular weight excluding hydrogens is 220 g/mol. The van der Waals surface area contributed by atoms with Crippen molar-refractivity contribution in [2.45, 2.75) is 44.6 Å². The number of rotatable bonds is 7. The van der Waals surface area contributed by atoms with Gasteiger partial charge in [-0.2, -0.15) is 0 Å². The molecule has 0 N–H and O–H groups in total. The second-order valence-corrected chi connectivity index (χ2v) is 5.59. The SMILES string of the molecule is ClCCCCCCN1CCN(C2CC2)CC1. The topological polar surface area (TPSA) is 6.48 Å². The summed E-state index contributed by atoms with van der Waals surface area (Å²) in [6, 6.07) is 0.964. The first kappa shape index (κ1) is 12.7. The summed E-state index contributed by atoms with van der Waals surface area (Å²) in [4.78, 5) is 5.32. The van der Waals surface area contributed by atoms with E-state index in [9.17, 15) is 0 Å². The molecular formula is C13H25ClN2. The summed E-state index contributed by atoms with van der Waals surface area (Å²) in [5.74, 6) is 0.833. The predicted octanol–water partition coefficient (Wildman–Crippen LogP) is 2.57. The molecule has 1 heterocycles. The Labute approximate surface area is 105 Å². The van der Waals surface area contributed by atoms with Gasteiger partial charge in [0.25, 0.3) is 0 Å². The zero-order chi connectivity index (χ0) is 11.2. The maximum atomic E-state index is 5.66. The van der Waals surface area contributed by atoms with Crippen molar-refractivity contribution < 1.29 is 0 Å². The van der Waals surface area contributed by atoms with Gasteiger partial charge in [-0.3, -0.25) is 4.90 Å². The summed E-state index contributed by atoms with van der Waals surface area (Å²) in [7, 11) is 0. The lowest BCUT2D eigenvalue weighted by Crippen LogP contribution is -2.47. The summed E-state index contributed by atoms with van der Waals surface area (Å²) in [5.41, 5.74) is 0. The summed E-state index contributed by atoms with van der Waals surface area (Å²) in [5, 5.41) is 0. The van der Waals surface area contributed by atoms with Crippen molar-refractivity contribution in [2.24, 2.45) is 0 Å². The van der Waals surface area contributed by atoms with E-state index in [0.29, 0.717) is 0 Å². The lowest BCUT2D eigenvalue weighted by molar-refractivity contribution is 0.125. The zero-order valence-electron chi connectivity index (χ0n) is 10.3. The van der Waals surface area contributed by atoms with Crippen LogP contribution in [0.1, 0.15) is 38.5 Å². The van der Waals surface area contributed by atoms with E-state index < -0.39 is 0 Å². The fourth-order valence-electron chi connectivity index (χ4n) is 2.58. The summed E-state index contributed by atoms with van der Waals surface area (Å²) < 4.78 is 0. The Kier molecular flexibility index (Phi) is 5.40. The van der Waals surface area contributed by atoms with Gasteiger partial charge >= 0.3 is 0 Å². The fraction of sp³-hybridized carbons (Fsp3) is 1.00. The van der Waals surface area contributed by atoms with Gasteiger partial charge in [-0.05, 0) is 32.2 Å². The average molecular weight is 245 g/mol. The molecule has 2 aliphatic rings. The van der Waals surface area contributed by atoms with E-state index in [-0.39, 0.29) is 0 Å². The molecule has 2 fully saturated rings. The molecule has 0 spiro atoms. The van der Waals surface area contributed by atoms with Crippen molar-refractivity contribution in [3.63, 3.8) is 0 Å². The van der Waals surface area contributed by atoms with Crippen LogP contribution in [-0.4, -0.2) is 54.4 Å². The van der Waals surface area contributed by atoms with Crippen LogP contribution in [0.25, 0.3) is 0 Å². The first-order valence-electron chi connectivity index (χ1n) is 6.92. The number of unbranched alkanes of at least 4 members (excludes halogenated alkanes) is 3. The standard InChI is InChI=1S/C13H25ClN2/c14-7-3-1-2-4-8-15-9-11-16(12-10-15)13-5-6-13/h13H,1-12H2. The van der Waals surface area contributed by atoms with Crippen LogP contribution < -0.4 is 0 Å². The number of piperazine rings is 1. The van der Waals surface area contributed by atoms with Crippen LogP contribution in [0.4, 0.5) is 0 Å². The maximum Gasteiger partial charge on any atom is 0.0223 e. The number of hydrogen-bond donors (Lipinski definition) is 0. The Morgan fingerprint density at radius 3 is 2.19 bits per heavy atom. The van der Waals surface area contributed by atoms with Crippen LogP contribution in [0.15, 0.2) is 0 Å². The van der Waals surface area contributed by atoms with Crippen molar-refractivity contribution in [3.05, 3.63) is 0 Å². The number of nitrogens with zero attached hydrogens (tertiary/aromatic N) is 2. The number of halogens is 1. The second kappa shape index (κ2) is 6.83. The van der Waals surface area contributed by atoms with Gasteiger partial charge in [0.05, 0.1) is 0 Å². The molecule has 1 saturated heterocycles. The van der Waals surface area contributed by atoms with E-state index >= 15 is 0 Å². The van der Waals surface area contributed by atoms with Crippen LogP contribution in [0.3, 0.4) is 0 Å². The third-order valence-corrected chi connectivity index (χ3v) is 4.10. The van der Waals surface area contributed by atoms with Gasteiger partial charge in [0.15, 0.2) is 0 Å². The van der Waals surface area contributed by atoms with E-state index in [1.54, 1.807) is 0 Å². The Morgan fingerprint density at radius 2 is 1.56 bits per heavy atom.